The number of nitrogens with zero attached hydrogens (tertiary/aromatic N) is 2. The molecule has 130 valence electrons. The first-order valence-electron chi connectivity index (χ1n) is 9.06. The van der Waals surface area contributed by atoms with E-state index in [4.69, 9.17) is 4.52 Å². The third kappa shape index (κ3) is 4.98. The van der Waals surface area contributed by atoms with Crippen molar-refractivity contribution in [1.82, 2.24) is 15.8 Å². The highest BCUT2D eigenvalue weighted by Gasteiger charge is 2.31. The average molecular weight is 320 g/mol. The summed E-state index contributed by atoms with van der Waals surface area (Å²) in [6.07, 6.45) is 6.61. The van der Waals surface area contributed by atoms with Crippen LogP contribution in [0.25, 0.3) is 0 Å². The van der Waals surface area contributed by atoms with Crippen LogP contribution in [0, 0.1) is 5.41 Å². The van der Waals surface area contributed by atoms with Gasteiger partial charge in [-0.2, -0.15) is 0 Å². The normalized spacial score (nSPS) is 17.7. The molecule has 0 bridgehead atoms. The molecule has 2 N–H and O–H groups in total. The smallest absolute Gasteiger partial charge is 0.191 e. The fraction of sp³-hybridized carbons (Fsp3) is 0.778. The van der Waals surface area contributed by atoms with Crippen LogP contribution in [-0.4, -0.2) is 24.2 Å². The Hall–Kier alpha value is -1.52. The summed E-state index contributed by atoms with van der Waals surface area (Å²) in [5.74, 6) is 2.07. The maximum absolute atomic E-state index is 5.36. The predicted molar refractivity (Wildman–Crippen MR) is 94.6 cm³/mol. The van der Waals surface area contributed by atoms with Gasteiger partial charge in [-0.1, -0.05) is 38.8 Å². The van der Waals surface area contributed by atoms with E-state index in [9.17, 15) is 0 Å². The van der Waals surface area contributed by atoms with Gasteiger partial charge < -0.3 is 15.2 Å². The predicted octanol–water partition coefficient (Wildman–Crippen LogP) is 3.82. The topological polar surface area (TPSA) is 62.5 Å². The van der Waals surface area contributed by atoms with Crippen molar-refractivity contribution in [3.05, 3.63) is 17.5 Å². The summed E-state index contributed by atoms with van der Waals surface area (Å²) in [4.78, 5) is 4.64. The molecular formula is C18H32N4O. The molecule has 5 heteroatoms. The number of aromatic nitrogens is 1. The maximum atomic E-state index is 5.36. The minimum absolute atomic E-state index is 0.384. The quantitative estimate of drug-likeness (QED) is 0.592. The van der Waals surface area contributed by atoms with E-state index < -0.39 is 0 Å². The zero-order valence-electron chi connectivity index (χ0n) is 15.1. The van der Waals surface area contributed by atoms with E-state index in [2.05, 4.69) is 48.5 Å². The zero-order valence-corrected chi connectivity index (χ0v) is 15.1. The van der Waals surface area contributed by atoms with Crippen molar-refractivity contribution in [1.29, 1.82) is 0 Å². The molecule has 23 heavy (non-hydrogen) atoms. The highest BCUT2D eigenvalue weighted by molar-refractivity contribution is 5.79. The number of rotatable bonds is 7. The van der Waals surface area contributed by atoms with Gasteiger partial charge in [0.15, 0.2) is 11.7 Å². The Morgan fingerprint density at radius 1 is 1.30 bits per heavy atom. The van der Waals surface area contributed by atoms with E-state index in [1.54, 1.807) is 0 Å². The largest absolute Gasteiger partial charge is 0.359 e. The molecule has 1 heterocycles. The van der Waals surface area contributed by atoms with E-state index in [1.165, 1.54) is 32.1 Å². The standard InChI is InChI=1S/C18H32N4O/c1-5-18(9-7-8-10-18)13-21-17(19-6-2)20-12-15-11-16(14(3)4)22-23-15/h11,14H,5-10,12-13H2,1-4H3,(H2,19,20,21). The fourth-order valence-electron chi connectivity index (χ4n) is 3.23. The monoisotopic (exact) mass is 320 g/mol. The van der Waals surface area contributed by atoms with Crippen LogP contribution in [0.15, 0.2) is 15.6 Å². The molecule has 0 aliphatic heterocycles. The Morgan fingerprint density at radius 2 is 2.04 bits per heavy atom. The van der Waals surface area contributed by atoms with Crippen LogP contribution in [0.3, 0.4) is 0 Å². The lowest BCUT2D eigenvalue weighted by Gasteiger charge is -2.28. The molecule has 0 spiro atoms. The van der Waals surface area contributed by atoms with Gasteiger partial charge in [0.2, 0.25) is 0 Å². The Labute approximate surface area is 140 Å². The van der Waals surface area contributed by atoms with Crippen molar-refractivity contribution in [3.63, 3.8) is 0 Å². The highest BCUT2D eigenvalue weighted by Crippen LogP contribution is 2.40. The van der Waals surface area contributed by atoms with Gasteiger partial charge in [0.05, 0.1) is 5.69 Å². The number of aliphatic imine (C=N–C) groups is 1. The zero-order chi connectivity index (χ0) is 16.7. The lowest BCUT2D eigenvalue weighted by molar-refractivity contribution is 0.283. The molecule has 5 nitrogen and oxygen atoms in total. The van der Waals surface area contributed by atoms with Gasteiger partial charge in [-0.3, -0.25) is 0 Å². The molecule has 0 unspecified atom stereocenters. The van der Waals surface area contributed by atoms with E-state index in [1.807, 2.05) is 6.07 Å². The molecule has 2 rings (SSSR count). The second kappa shape index (κ2) is 8.37. The average Bonchev–Trinajstić information content (AvgIpc) is 3.20. The van der Waals surface area contributed by atoms with Crippen molar-refractivity contribution < 1.29 is 4.52 Å². The molecule has 1 aliphatic rings. The van der Waals surface area contributed by atoms with Crippen molar-refractivity contribution in [2.24, 2.45) is 10.4 Å². The van der Waals surface area contributed by atoms with Crippen LogP contribution in [0.2, 0.25) is 0 Å². The summed E-state index contributed by atoms with van der Waals surface area (Å²) in [5.41, 5.74) is 1.44. The third-order valence-corrected chi connectivity index (χ3v) is 4.95. The minimum Gasteiger partial charge on any atom is -0.359 e. The van der Waals surface area contributed by atoms with E-state index in [0.29, 0.717) is 17.9 Å². The Bertz CT molecular complexity index is 501. The van der Waals surface area contributed by atoms with Gasteiger partial charge in [0, 0.05) is 19.2 Å². The van der Waals surface area contributed by atoms with Gasteiger partial charge in [-0.25, -0.2) is 4.99 Å². The Balaban J connectivity index is 1.93. The van der Waals surface area contributed by atoms with Crippen molar-refractivity contribution in [2.45, 2.75) is 72.3 Å². The molecule has 0 aromatic carbocycles. The van der Waals surface area contributed by atoms with Gasteiger partial charge in [-0.05, 0) is 37.5 Å². The summed E-state index contributed by atoms with van der Waals surface area (Å²) in [7, 11) is 0. The van der Waals surface area contributed by atoms with Crippen LogP contribution in [0.4, 0.5) is 0 Å². The fourth-order valence-corrected chi connectivity index (χ4v) is 3.23. The van der Waals surface area contributed by atoms with Crippen LogP contribution >= 0.6 is 0 Å². The highest BCUT2D eigenvalue weighted by atomic mass is 16.5. The minimum atomic E-state index is 0.384. The second-order valence-electron chi connectivity index (χ2n) is 6.98. The van der Waals surface area contributed by atoms with Gasteiger partial charge in [0.1, 0.15) is 6.54 Å². The number of hydrogen-bond acceptors (Lipinski definition) is 3. The molecule has 1 aliphatic carbocycles. The molecule has 0 radical (unpaired) electrons. The van der Waals surface area contributed by atoms with E-state index in [0.717, 1.165) is 30.5 Å². The molecular weight excluding hydrogens is 288 g/mol. The van der Waals surface area contributed by atoms with Crippen molar-refractivity contribution in [2.75, 3.05) is 13.1 Å². The Morgan fingerprint density at radius 3 is 2.61 bits per heavy atom. The molecule has 0 atom stereocenters. The SMILES string of the molecule is CCNC(=NCc1cc(C(C)C)no1)NCC1(CC)CCCC1. The van der Waals surface area contributed by atoms with Crippen LogP contribution in [-0.2, 0) is 6.54 Å². The van der Waals surface area contributed by atoms with Gasteiger partial charge >= 0.3 is 0 Å². The number of guanidine groups is 1. The van der Waals surface area contributed by atoms with Gasteiger partial charge in [0.25, 0.3) is 0 Å². The number of nitrogens with one attached hydrogen (secondary N) is 2. The summed E-state index contributed by atoms with van der Waals surface area (Å²) < 4.78 is 5.36. The molecule has 1 saturated carbocycles. The first kappa shape index (κ1) is 17.8. The molecule has 1 fully saturated rings. The maximum Gasteiger partial charge on any atom is 0.191 e. The molecule has 0 amide bonds. The Kier molecular flexibility index (Phi) is 6.48. The summed E-state index contributed by atoms with van der Waals surface area (Å²) in [5, 5.41) is 10.9. The van der Waals surface area contributed by atoms with Crippen LogP contribution in [0.5, 0.6) is 0 Å². The second-order valence-corrected chi connectivity index (χ2v) is 6.98. The molecule has 1 aromatic rings. The van der Waals surface area contributed by atoms with Crippen molar-refractivity contribution >= 4 is 5.96 Å². The van der Waals surface area contributed by atoms with Crippen molar-refractivity contribution in [3.8, 4) is 0 Å². The number of hydrogen-bond donors (Lipinski definition) is 2. The lowest BCUT2D eigenvalue weighted by atomic mass is 9.83. The van der Waals surface area contributed by atoms with E-state index >= 15 is 0 Å². The first-order chi connectivity index (χ1) is 11.1. The summed E-state index contributed by atoms with van der Waals surface area (Å²) in [6, 6.07) is 2.00. The van der Waals surface area contributed by atoms with E-state index in [-0.39, 0.29) is 0 Å². The third-order valence-electron chi connectivity index (χ3n) is 4.95. The molecule has 0 saturated heterocycles. The molecule has 1 aromatic heterocycles. The summed E-state index contributed by atoms with van der Waals surface area (Å²) in [6.45, 7) is 11.0. The van der Waals surface area contributed by atoms with Gasteiger partial charge in [-0.15, -0.1) is 0 Å². The van der Waals surface area contributed by atoms with Crippen LogP contribution in [0.1, 0.15) is 77.2 Å². The first-order valence-corrected chi connectivity index (χ1v) is 9.06. The van der Waals surface area contributed by atoms with Crippen LogP contribution < -0.4 is 10.6 Å². The summed E-state index contributed by atoms with van der Waals surface area (Å²) >= 11 is 0. The lowest BCUT2D eigenvalue weighted by Crippen LogP contribution is -2.42.